The lowest BCUT2D eigenvalue weighted by molar-refractivity contribution is 0.102. The van der Waals surface area contributed by atoms with Crippen LogP contribution in [0.2, 0.25) is 0 Å². The molecule has 1 saturated heterocycles. The number of para-hydroxylation sites is 2. The summed E-state index contributed by atoms with van der Waals surface area (Å²) in [5.74, 6) is 1.12. The van der Waals surface area contributed by atoms with Crippen molar-refractivity contribution in [1.82, 2.24) is 9.29 Å². The van der Waals surface area contributed by atoms with E-state index in [1.807, 2.05) is 0 Å². The highest BCUT2D eigenvalue weighted by atomic mass is 32.2. The molecule has 1 aliphatic rings. The normalized spacial score (nSPS) is 16.0. The van der Waals surface area contributed by atoms with Crippen LogP contribution in [0.25, 0.3) is 0 Å². The van der Waals surface area contributed by atoms with Crippen LogP contribution in [0.1, 0.15) is 10.5 Å². The van der Waals surface area contributed by atoms with Crippen LogP contribution in [0, 0.1) is 0 Å². The average Bonchev–Trinajstić information content (AvgIpc) is 3.09. The zero-order valence-electron chi connectivity index (χ0n) is 12.9. The Bertz CT molecular complexity index is 842. The minimum atomic E-state index is -3.57. The smallest absolute Gasteiger partial charge is 0.272 e. The Morgan fingerprint density at radius 2 is 1.96 bits per heavy atom. The van der Waals surface area contributed by atoms with Crippen LogP contribution in [0.15, 0.2) is 41.4 Å². The molecule has 4 N–H and O–H groups in total. The van der Waals surface area contributed by atoms with E-state index in [4.69, 9.17) is 5.73 Å². The molecule has 2 aromatic rings. The molecule has 0 saturated carbocycles. The first-order valence-corrected chi connectivity index (χ1v) is 10.00. The van der Waals surface area contributed by atoms with E-state index in [9.17, 15) is 13.2 Å². The summed E-state index contributed by atoms with van der Waals surface area (Å²) in [4.78, 5) is 15.1. The van der Waals surface area contributed by atoms with Gasteiger partial charge in [0.1, 0.15) is 10.6 Å². The number of aromatic amines is 1. The lowest BCUT2D eigenvalue weighted by Crippen LogP contribution is -2.37. The first-order valence-electron chi connectivity index (χ1n) is 7.40. The van der Waals surface area contributed by atoms with Gasteiger partial charge in [0.15, 0.2) is 0 Å². The Labute approximate surface area is 144 Å². The van der Waals surface area contributed by atoms with Gasteiger partial charge >= 0.3 is 0 Å². The van der Waals surface area contributed by atoms with Crippen molar-refractivity contribution in [2.75, 3.05) is 35.6 Å². The van der Waals surface area contributed by atoms with Gasteiger partial charge in [-0.3, -0.25) is 4.79 Å². The molecule has 0 spiro atoms. The number of H-pyrrole nitrogens is 1. The van der Waals surface area contributed by atoms with Crippen LogP contribution < -0.4 is 11.1 Å². The van der Waals surface area contributed by atoms with Crippen molar-refractivity contribution in [1.29, 1.82) is 0 Å². The molecule has 0 bridgehead atoms. The van der Waals surface area contributed by atoms with Gasteiger partial charge in [-0.2, -0.15) is 16.1 Å². The van der Waals surface area contributed by atoms with Crippen molar-refractivity contribution < 1.29 is 13.2 Å². The highest BCUT2D eigenvalue weighted by Crippen LogP contribution is 2.22. The third kappa shape index (κ3) is 3.42. The standard InChI is InChI=1S/C15H18N4O3S2/c16-12-3-1-2-4-13(12)18-15(20)14-9-11(10-17-14)24(21,22)19-5-7-23-8-6-19/h1-4,9-10,17H,5-8,16H2,(H,18,20). The fraction of sp³-hybridized carbons (Fsp3) is 0.267. The number of nitrogen functional groups attached to an aromatic ring is 1. The topological polar surface area (TPSA) is 108 Å². The molecule has 0 radical (unpaired) electrons. The molecule has 0 unspecified atom stereocenters. The zero-order chi connectivity index (χ0) is 17.2. The van der Waals surface area contributed by atoms with Crippen molar-refractivity contribution in [3.8, 4) is 0 Å². The number of nitrogens with one attached hydrogen (secondary N) is 2. The molecule has 0 aliphatic carbocycles. The molecule has 128 valence electrons. The van der Waals surface area contributed by atoms with Gasteiger partial charge in [0.2, 0.25) is 10.0 Å². The second-order valence-corrected chi connectivity index (χ2v) is 8.47. The number of benzene rings is 1. The van der Waals surface area contributed by atoms with E-state index in [-0.39, 0.29) is 10.6 Å². The lowest BCUT2D eigenvalue weighted by Gasteiger charge is -2.24. The molecule has 9 heteroatoms. The van der Waals surface area contributed by atoms with Crippen molar-refractivity contribution in [3.63, 3.8) is 0 Å². The largest absolute Gasteiger partial charge is 0.397 e. The van der Waals surface area contributed by atoms with E-state index in [1.54, 1.807) is 36.0 Å². The fourth-order valence-electron chi connectivity index (χ4n) is 2.39. The summed E-state index contributed by atoms with van der Waals surface area (Å²) in [6.07, 6.45) is 1.35. The van der Waals surface area contributed by atoms with Gasteiger partial charge < -0.3 is 16.0 Å². The number of hydrogen-bond acceptors (Lipinski definition) is 5. The number of carbonyl (C=O) groups is 1. The van der Waals surface area contributed by atoms with Gasteiger partial charge in [0, 0.05) is 30.8 Å². The lowest BCUT2D eigenvalue weighted by atomic mass is 10.2. The van der Waals surface area contributed by atoms with E-state index in [0.717, 1.165) is 11.5 Å². The number of amides is 1. The number of anilines is 2. The monoisotopic (exact) mass is 366 g/mol. The molecule has 24 heavy (non-hydrogen) atoms. The summed E-state index contributed by atoms with van der Waals surface area (Å²) < 4.78 is 26.6. The predicted octanol–water partition coefficient (Wildman–Crippen LogP) is 1.59. The van der Waals surface area contributed by atoms with Crippen molar-refractivity contribution >= 4 is 39.1 Å². The molecule has 3 rings (SSSR count). The van der Waals surface area contributed by atoms with Crippen LogP contribution >= 0.6 is 11.8 Å². The zero-order valence-corrected chi connectivity index (χ0v) is 14.5. The second kappa shape index (κ2) is 6.88. The average molecular weight is 366 g/mol. The second-order valence-electron chi connectivity index (χ2n) is 5.31. The van der Waals surface area contributed by atoms with E-state index in [1.165, 1.54) is 16.6 Å². The number of hydrogen-bond donors (Lipinski definition) is 3. The van der Waals surface area contributed by atoms with Crippen molar-refractivity contribution in [2.45, 2.75) is 4.90 Å². The number of carbonyl (C=O) groups excluding carboxylic acids is 1. The summed E-state index contributed by atoms with van der Waals surface area (Å²) in [7, 11) is -3.57. The number of thioether (sulfide) groups is 1. The Morgan fingerprint density at radius 1 is 1.25 bits per heavy atom. The number of nitrogens with two attached hydrogens (primary N) is 1. The maximum Gasteiger partial charge on any atom is 0.272 e. The van der Waals surface area contributed by atoms with Gasteiger partial charge in [-0.05, 0) is 18.2 Å². The number of sulfonamides is 1. The molecule has 0 atom stereocenters. The van der Waals surface area contributed by atoms with Gasteiger partial charge in [-0.15, -0.1) is 0 Å². The number of aromatic nitrogens is 1. The molecule has 2 heterocycles. The third-order valence-corrected chi connectivity index (χ3v) is 6.54. The first-order chi connectivity index (χ1) is 11.5. The maximum absolute atomic E-state index is 12.6. The van der Waals surface area contributed by atoms with E-state index >= 15 is 0 Å². The van der Waals surface area contributed by atoms with Crippen LogP contribution in [-0.4, -0.2) is 48.2 Å². The summed E-state index contributed by atoms with van der Waals surface area (Å²) in [6, 6.07) is 8.23. The Kier molecular flexibility index (Phi) is 4.83. The molecule has 7 nitrogen and oxygen atoms in total. The van der Waals surface area contributed by atoms with E-state index < -0.39 is 15.9 Å². The molecular weight excluding hydrogens is 348 g/mol. The fourth-order valence-corrected chi connectivity index (χ4v) is 4.96. The van der Waals surface area contributed by atoms with Crippen LogP contribution in [-0.2, 0) is 10.0 Å². The summed E-state index contributed by atoms with van der Waals surface area (Å²) >= 11 is 1.73. The Balaban J connectivity index is 1.77. The third-order valence-electron chi connectivity index (χ3n) is 3.72. The van der Waals surface area contributed by atoms with Gasteiger partial charge in [0.25, 0.3) is 5.91 Å². The summed E-state index contributed by atoms with van der Waals surface area (Å²) in [6.45, 7) is 0.973. The molecule has 1 fully saturated rings. The molecule has 1 amide bonds. The number of nitrogens with zero attached hydrogens (tertiary/aromatic N) is 1. The minimum Gasteiger partial charge on any atom is -0.397 e. The van der Waals surface area contributed by atoms with Crippen LogP contribution in [0.3, 0.4) is 0 Å². The molecule has 1 aromatic heterocycles. The minimum absolute atomic E-state index is 0.0978. The van der Waals surface area contributed by atoms with E-state index in [0.29, 0.717) is 24.5 Å². The van der Waals surface area contributed by atoms with Gasteiger partial charge in [-0.1, -0.05) is 12.1 Å². The van der Waals surface area contributed by atoms with Crippen LogP contribution in [0.5, 0.6) is 0 Å². The van der Waals surface area contributed by atoms with Crippen molar-refractivity contribution in [2.24, 2.45) is 0 Å². The molecular formula is C15H18N4O3S2. The number of rotatable bonds is 4. The highest BCUT2D eigenvalue weighted by Gasteiger charge is 2.27. The summed E-state index contributed by atoms with van der Waals surface area (Å²) in [5, 5.41) is 2.66. The maximum atomic E-state index is 12.6. The van der Waals surface area contributed by atoms with Gasteiger partial charge in [-0.25, -0.2) is 8.42 Å². The summed E-state index contributed by atoms with van der Waals surface area (Å²) in [5.41, 5.74) is 6.88. The predicted molar refractivity (Wildman–Crippen MR) is 95.7 cm³/mol. The van der Waals surface area contributed by atoms with Crippen molar-refractivity contribution in [3.05, 3.63) is 42.2 Å². The van der Waals surface area contributed by atoms with E-state index in [2.05, 4.69) is 10.3 Å². The molecule has 1 aliphatic heterocycles. The Morgan fingerprint density at radius 3 is 2.67 bits per heavy atom. The quantitative estimate of drug-likeness (QED) is 0.712. The SMILES string of the molecule is Nc1ccccc1NC(=O)c1cc(S(=O)(=O)N2CCSCC2)c[nH]1. The molecule has 1 aromatic carbocycles. The van der Waals surface area contributed by atoms with Gasteiger partial charge in [0.05, 0.1) is 11.4 Å². The van der Waals surface area contributed by atoms with Crippen LogP contribution in [0.4, 0.5) is 11.4 Å². The first kappa shape index (κ1) is 16.9. The highest BCUT2D eigenvalue weighted by molar-refractivity contribution is 7.99. The Hall–Kier alpha value is -1.97.